The standard InChI is InChI=1S/C17H20O2/c1-12-9-10-15(13(11-12)17(2,3)4)19-16-8-6-5-7-14(16)18/h5-11,18H,1-4H3. The summed E-state index contributed by atoms with van der Waals surface area (Å²) >= 11 is 0. The lowest BCUT2D eigenvalue weighted by molar-refractivity contribution is 0.402. The molecule has 19 heavy (non-hydrogen) atoms. The molecule has 0 saturated heterocycles. The average molecular weight is 256 g/mol. The molecule has 0 amide bonds. The number of rotatable bonds is 2. The zero-order valence-electron chi connectivity index (χ0n) is 11.9. The molecule has 2 heteroatoms. The van der Waals surface area contributed by atoms with Crippen molar-refractivity contribution in [2.75, 3.05) is 0 Å². The van der Waals surface area contributed by atoms with E-state index in [1.165, 1.54) is 5.56 Å². The summed E-state index contributed by atoms with van der Waals surface area (Å²) < 4.78 is 5.87. The highest BCUT2D eigenvalue weighted by atomic mass is 16.5. The predicted octanol–water partition coefficient (Wildman–Crippen LogP) is 4.79. The number of aromatic hydroxyl groups is 1. The summed E-state index contributed by atoms with van der Waals surface area (Å²) in [5.41, 5.74) is 2.33. The van der Waals surface area contributed by atoms with Gasteiger partial charge in [-0.2, -0.15) is 0 Å². The summed E-state index contributed by atoms with van der Waals surface area (Å²) in [6.07, 6.45) is 0. The van der Waals surface area contributed by atoms with E-state index in [1.807, 2.05) is 18.2 Å². The summed E-state index contributed by atoms with van der Waals surface area (Å²) in [4.78, 5) is 0. The maximum absolute atomic E-state index is 9.80. The average Bonchev–Trinajstić information content (AvgIpc) is 2.33. The Bertz CT molecular complexity index is 580. The summed E-state index contributed by atoms with van der Waals surface area (Å²) in [6, 6.07) is 13.1. The minimum Gasteiger partial charge on any atom is -0.504 e. The second-order valence-electron chi connectivity index (χ2n) is 5.82. The SMILES string of the molecule is Cc1ccc(Oc2ccccc2O)c(C(C)(C)C)c1. The molecule has 0 aliphatic rings. The Labute approximate surface area is 114 Å². The molecule has 0 unspecified atom stereocenters. The van der Waals surface area contributed by atoms with E-state index in [4.69, 9.17) is 4.74 Å². The third-order valence-electron chi connectivity index (χ3n) is 3.03. The quantitative estimate of drug-likeness (QED) is 0.837. The van der Waals surface area contributed by atoms with Gasteiger partial charge >= 0.3 is 0 Å². The molecule has 2 rings (SSSR count). The van der Waals surface area contributed by atoms with Crippen LogP contribution >= 0.6 is 0 Å². The Balaban J connectivity index is 2.44. The van der Waals surface area contributed by atoms with Crippen molar-refractivity contribution in [2.24, 2.45) is 0 Å². The van der Waals surface area contributed by atoms with Crippen molar-refractivity contribution in [1.29, 1.82) is 0 Å². The van der Waals surface area contributed by atoms with Gasteiger partial charge in [0.25, 0.3) is 0 Å². The second kappa shape index (κ2) is 4.96. The van der Waals surface area contributed by atoms with Crippen LogP contribution in [0.5, 0.6) is 17.2 Å². The molecule has 0 bridgehead atoms. The number of hydrogen-bond acceptors (Lipinski definition) is 2. The van der Waals surface area contributed by atoms with Gasteiger partial charge in [0.05, 0.1) is 0 Å². The van der Waals surface area contributed by atoms with Gasteiger partial charge in [0.1, 0.15) is 5.75 Å². The lowest BCUT2D eigenvalue weighted by Crippen LogP contribution is -2.12. The Morgan fingerprint density at radius 3 is 2.26 bits per heavy atom. The van der Waals surface area contributed by atoms with E-state index >= 15 is 0 Å². The van der Waals surface area contributed by atoms with E-state index in [1.54, 1.807) is 18.2 Å². The number of aryl methyl sites for hydroxylation is 1. The van der Waals surface area contributed by atoms with Crippen molar-refractivity contribution in [3.8, 4) is 17.2 Å². The van der Waals surface area contributed by atoms with Crippen LogP contribution in [0, 0.1) is 6.92 Å². The number of para-hydroxylation sites is 2. The fraction of sp³-hybridized carbons (Fsp3) is 0.294. The molecular formula is C17H20O2. The Morgan fingerprint density at radius 1 is 0.947 bits per heavy atom. The van der Waals surface area contributed by atoms with Gasteiger partial charge in [-0.25, -0.2) is 0 Å². The molecule has 0 radical (unpaired) electrons. The molecule has 0 aliphatic carbocycles. The maximum atomic E-state index is 9.80. The van der Waals surface area contributed by atoms with Crippen LogP contribution in [0.2, 0.25) is 0 Å². The van der Waals surface area contributed by atoms with Gasteiger partial charge in [-0.1, -0.05) is 50.6 Å². The zero-order valence-corrected chi connectivity index (χ0v) is 11.9. The van der Waals surface area contributed by atoms with E-state index in [0.29, 0.717) is 5.75 Å². The van der Waals surface area contributed by atoms with E-state index in [0.717, 1.165) is 11.3 Å². The first-order valence-corrected chi connectivity index (χ1v) is 6.45. The lowest BCUT2D eigenvalue weighted by atomic mass is 9.85. The number of phenolic OH excluding ortho intramolecular Hbond substituents is 1. The minimum absolute atomic E-state index is 0.00818. The fourth-order valence-electron chi connectivity index (χ4n) is 1.98. The molecule has 0 spiro atoms. The Hall–Kier alpha value is -1.96. The zero-order chi connectivity index (χ0) is 14.0. The summed E-state index contributed by atoms with van der Waals surface area (Å²) in [5.74, 6) is 1.43. The second-order valence-corrected chi connectivity index (χ2v) is 5.82. The maximum Gasteiger partial charge on any atom is 0.169 e. The van der Waals surface area contributed by atoms with Crippen molar-refractivity contribution in [1.82, 2.24) is 0 Å². The Kier molecular flexibility index (Phi) is 3.52. The van der Waals surface area contributed by atoms with E-state index in [-0.39, 0.29) is 11.2 Å². The van der Waals surface area contributed by atoms with Crippen molar-refractivity contribution in [3.63, 3.8) is 0 Å². The van der Waals surface area contributed by atoms with Crippen LogP contribution in [-0.2, 0) is 5.41 Å². The predicted molar refractivity (Wildman–Crippen MR) is 78.1 cm³/mol. The van der Waals surface area contributed by atoms with Crippen molar-refractivity contribution in [3.05, 3.63) is 53.6 Å². The lowest BCUT2D eigenvalue weighted by Gasteiger charge is -2.23. The first-order chi connectivity index (χ1) is 8.88. The summed E-state index contributed by atoms with van der Waals surface area (Å²) in [5, 5.41) is 9.80. The topological polar surface area (TPSA) is 29.5 Å². The Morgan fingerprint density at radius 2 is 1.63 bits per heavy atom. The highest BCUT2D eigenvalue weighted by Crippen LogP contribution is 2.37. The van der Waals surface area contributed by atoms with Crippen molar-refractivity contribution < 1.29 is 9.84 Å². The van der Waals surface area contributed by atoms with Gasteiger partial charge in [-0.05, 0) is 30.5 Å². The van der Waals surface area contributed by atoms with Gasteiger partial charge in [0.15, 0.2) is 11.5 Å². The van der Waals surface area contributed by atoms with Gasteiger partial charge in [-0.15, -0.1) is 0 Å². The van der Waals surface area contributed by atoms with Gasteiger partial charge in [-0.3, -0.25) is 0 Å². The molecule has 2 nitrogen and oxygen atoms in total. The molecule has 0 aliphatic heterocycles. The number of phenols is 1. The highest BCUT2D eigenvalue weighted by Gasteiger charge is 2.20. The number of ether oxygens (including phenoxy) is 1. The molecule has 2 aromatic carbocycles. The first kappa shape index (κ1) is 13.5. The summed E-state index contributed by atoms with van der Waals surface area (Å²) in [7, 11) is 0. The van der Waals surface area contributed by atoms with Gasteiger partial charge < -0.3 is 9.84 Å². The molecule has 0 heterocycles. The summed E-state index contributed by atoms with van der Waals surface area (Å²) in [6.45, 7) is 8.53. The third-order valence-corrected chi connectivity index (χ3v) is 3.03. The smallest absolute Gasteiger partial charge is 0.169 e. The first-order valence-electron chi connectivity index (χ1n) is 6.45. The van der Waals surface area contributed by atoms with Crippen molar-refractivity contribution >= 4 is 0 Å². The largest absolute Gasteiger partial charge is 0.504 e. The van der Waals surface area contributed by atoms with E-state index < -0.39 is 0 Å². The normalized spacial score (nSPS) is 11.4. The van der Waals surface area contributed by atoms with Crippen LogP contribution in [-0.4, -0.2) is 5.11 Å². The van der Waals surface area contributed by atoms with Crippen molar-refractivity contribution in [2.45, 2.75) is 33.1 Å². The van der Waals surface area contributed by atoms with Gasteiger partial charge in [0, 0.05) is 5.56 Å². The highest BCUT2D eigenvalue weighted by molar-refractivity contribution is 5.47. The van der Waals surface area contributed by atoms with Crippen LogP contribution in [0.1, 0.15) is 31.9 Å². The molecule has 100 valence electrons. The minimum atomic E-state index is -0.00818. The van der Waals surface area contributed by atoms with E-state index in [9.17, 15) is 5.11 Å². The molecular weight excluding hydrogens is 236 g/mol. The molecule has 0 saturated carbocycles. The molecule has 0 aromatic heterocycles. The third kappa shape index (κ3) is 3.08. The van der Waals surface area contributed by atoms with E-state index in [2.05, 4.69) is 33.8 Å². The van der Waals surface area contributed by atoms with Crippen LogP contribution in [0.3, 0.4) is 0 Å². The molecule has 1 N–H and O–H groups in total. The molecule has 0 fully saturated rings. The van der Waals surface area contributed by atoms with Crippen LogP contribution in [0.15, 0.2) is 42.5 Å². The fourth-order valence-corrected chi connectivity index (χ4v) is 1.98. The number of benzene rings is 2. The number of hydrogen-bond donors (Lipinski definition) is 1. The van der Waals surface area contributed by atoms with Crippen LogP contribution < -0.4 is 4.74 Å². The van der Waals surface area contributed by atoms with Crippen LogP contribution in [0.25, 0.3) is 0 Å². The van der Waals surface area contributed by atoms with Crippen LogP contribution in [0.4, 0.5) is 0 Å². The monoisotopic (exact) mass is 256 g/mol. The van der Waals surface area contributed by atoms with Gasteiger partial charge in [0.2, 0.25) is 0 Å². The molecule has 0 atom stereocenters. The molecule has 2 aromatic rings.